The van der Waals surface area contributed by atoms with Gasteiger partial charge < -0.3 is 0 Å². The number of unbranched alkanes of at least 4 members (excludes halogenated alkanes) is 21. The molecule has 0 aliphatic rings. The van der Waals surface area contributed by atoms with Crippen LogP contribution < -0.4 is 0 Å². The molecule has 0 aromatic heterocycles. The third kappa shape index (κ3) is 26.0. The van der Waals surface area contributed by atoms with Crippen LogP contribution in [0.25, 0.3) is 0 Å². The van der Waals surface area contributed by atoms with Crippen LogP contribution in [-0.2, 0) is 0 Å². The van der Waals surface area contributed by atoms with E-state index in [1.165, 1.54) is 154 Å². The molecule has 0 heterocycles. The Hall–Kier alpha value is 0. The van der Waals surface area contributed by atoms with E-state index in [1.807, 2.05) is 0 Å². The summed E-state index contributed by atoms with van der Waals surface area (Å²) >= 11 is 0. The molecule has 0 rings (SSSR count). The largest absolute Gasteiger partial charge is 0.0654 e. The maximum Gasteiger partial charge on any atom is -0.0443 e. The normalized spacial score (nSPS) is 12.5. The van der Waals surface area contributed by atoms with Crippen LogP contribution in [0, 0.1) is 12.8 Å². The molecule has 0 aliphatic heterocycles. The van der Waals surface area contributed by atoms with Crippen molar-refractivity contribution in [2.75, 3.05) is 0 Å². The van der Waals surface area contributed by atoms with Gasteiger partial charge in [0.2, 0.25) is 0 Å². The van der Waals surface area contributed by atoms with Crippen molar-refractivity contribution in [1.82, 2.24) is 0 Å². The predicted octanol–water partition coefficient (Wildman–Crippen LogP) is 11.2. The van der Waals surface area contributed by atoms with Gasteiger partial charge in [-0.15, -0.1) is 0 Å². The van der Waals surface area contributed by atoms with Gasteiger partial charge in [0.05, 0.1) is 0 Å². The van der Waals surface area contributed by atoms with Crippen LogP contribution >= 0.6 is 0 Å². The van der Waals surface area contributed by atoms with Gasteiger partial charge in [-0.2, -0.15) is 0 Å². The van der Waals surface area contributed by atoms with E-state index in [2.05, 4.69) is 20.8 Å². The Morgan fingerprint density at radius 3 is 0.966 bits per heavy atom. The average molecular weight is 408 g/mol. The van der Waals surface area contributed by atoms with Gasteiger partial charge >= 0.3 is 0 Å². The second kappa shape index (κ2) is 26.0. The molecule has 1 atom stereocenters. The second-order valence-corrected chi connectivity index (χ2v) is 9.96. The first-order valence-electron chi connectivity index (χ1n) is 14.1. The van der Waals surface area contributed by atoms with E-state index in [9.17, 15) is 0 Å². The quantitative estimate of drug-likeness (QED) is 0.132. The van der Waals surface area contributed by atoms with Gasteiger partial charge in [-0.25, -0.2) is 0 Å². The van der Waals surface area contributed by atoms with E-state index in [1.54, 1.807) is 0 Å². The SMILES string of the molecule is [CH2]CCC(C)CCCCCCCCCCCCCCCCCCCCCCCC. The highest BCUT2D eigenvalue weighted by molar-refractivity contribution is 4.56. The fourth-order valence-electron chi connectivity index (χ4n) is 4.59. The lowest BCUT2D eigenvalue weighted by molar-refractivity contribution is 0.456. The van der Waals surface area contributed by atoms with Gasteiger partial charge in [-0.05, 0) is 5.92 Å². The van der Waals surface area contributed by atoms with E-state index in [0.29, 0.717) is 0 Å². The summed E-state index contributed by atoms with van der Waals surface area (Å²) in [6, 6.07) is 0. The van der Waals surface area contributed by atoms with Gasteiger partial charge in [0.1, 0.15) is 0 Å². The molecule has 1 unspecified atom stereocenters. The molecule has 0 heteroatoms. The van der Waals surface area contributed by atoms with E-state index >= 15 is 0 Å². The third-order valence-corrected chi connectivity index (χ3v) is 6.75. The first-order chi connectivity index (χ1) is 14.3. The van der Waals surface area contributed by atoms with Gasteiger partial charge in [-0.1, -0.05) is 181 Å². The van der Waals surface area contributed by atoms with Crippen molar-refractivity contribution in [3.05, 3.63) is 6.92 Å². The van der Waals surface area contributed by atoms with Crippen molar-refractivity contribution in [3.63, 3.8) is 0 Å². The van der Waals surface area contributed by atoms with Crippen LogP contribution in [0.3, 0.4) is 0 Å². The molecule has 0 N–H and O–H groups in total. The molecule has 0 bridgehead atoms. The minimum atomic E-state index is 0.901. The molecular weight excluding hydrogens is 348 g/mol. The topological polar surface area (TPSA) is 0 Å². The minimum absolute atomic E-state index is 0.901. The van der Waals surface area contributed by atoms with Crippen molar-refractivity contribution < 1.29 is 0 Å². The molecule has 29 heavy (non-hydrogen) atoms. The van der Waals surface area contributed by atoms with E-state index < -0.39 is 0 Å². The summed E-state index contributed by atoms with van der Waals surface area (Å²) < 4.78 is 0. The molecule has 1 radical (unpaired) electrons. The summed E-state index contributed by atoms with van der Waals surface area (Å²) in [5.41, 5.74) is 0. The lowest BCUT2D eigenvalue weighted by Gasteiger charge is -2.09. The Balaban J connectivity index is 3.02. The Morgan fingerprint density at radius 2 is 0.690 bits per heavy atom. The molecule has 0 aromatic rings. The third-order valence-electron chi connectivity index (χ3n) is 6.75. The molecule has 0 nitrogen and oxygen atoms in total. The van der Waals surface area contributed by atoms with Gasteiger partial charge in [-0.3, -0.25) is 0 Å². The Labute approximate surface area is 187 Å². The number of hydrogen-bond acceptors (Lipinski definition) is 0. The predicted molar refractivity (Wildman–Crippen MR) is 136 cm³/mol. The molecular formula is C29H59. The number of hydrogen-bond donors (Lipinski definition) is 0. The highest BCUT2D eigenvalue weighted by Gasteiger charge is 2.00. The summed E-state index contributed by atoms with van der Waals surface area (Å²) in [4.78, 5) is 0. The van der Waals surface area contributed by atoms with Crippen molar-refractivity contribution in [2.45, 2.75) is 174 Å². The van der Waals surface area contributed by atoms with Crippen LogP contribution in [0.5, 0.6) is 0 Å². The zero-order chi connectivity index (χ0) is 21.3. The monoisotopic (exact) mass is 407 g/mol. The second-order valence-electron chi connectivity index (χ2n) is 9.96. The van der Waals surface area contributed by atoms with E-state index in [0.717, 1.165) is 12.3 Å². The fourth-order valence-corrected chi connectivity index (χ4v) is 4.59. The van der Waals surface area contributed by atoms with E-state index in [4.69, 9.17) is 0 Å². The molecule has 0 saturated heterocycles. The first-order valence-corrected chi connectivity index (χ1v) is 14.1. The zero-order valence-corrected chi connectivity index (χ0v) is 21.0. The summed E-state index contributed by atoms with van der Waals surface area (Å²) in [5.74, 6) is 0.901. The molecule has 0 fully saturated rings. The highest BCUT2D eigenvalue weighted by atomic mass is 14.1. The fraction of sp³-hybridized carbons (Fsp3) is 0.966. The molecule has 0 aromatic carbocycles. The van der Waals surface area contributed by atoms with Crippen molar-refractivity contribution >= 4 is 0 Å². The molecule has 0 saturated carbocycles. The van der Waals surface area contributed by atoms with Crippen molar-refractivity contribution in [1.29, 1.82) is 0 Å². The average Bonchev–Trinajstić information content (AvgIpc) is 2.72. The lowest BCUT2D eigenvalue weighted by Crippen LogP contribution is -1.93. The van der Waals surface area contributed by atoms with Crippen LogP contribution in [-0.4, -0.2) is 0 Å². The summed E-state index contributed by atoms with van der Waals surface area (Å²) in [6.45, 7) is 8.66. The lowest BCUT2D eigenvalue weighted by atomic mass is 9.98. The maximum atomic E-state index is 3.96. The van der Waals surface area contributed by atoms with Gasteiger partial charge in [0.25, 0.3) is 0 Å². The Morgan fingerprint density at radius 1 is 0.414 bits per heavy atom. The van der Waals surface area contributed by atoms with Crippen LogP contribution in [0.4, 0.5) is 0 Å². The molecule has 175 valence electrons. The van der Waals surface area contributed by atoms with Crippen LogP contribution in [0.1, 0.15) is 174 Å². The van der Waals surface area contributed by atoms with Crippen molar-refractivity contribution in [3.8, 4) is 0 Å². The standard InChI is InChI=1S/C29H59/c1-4-6-7-8-9-10-11-12-13-14-15-16-17-18-19-20-21-22-23-24-25-26-28-29(3)27-5-2/h29H,2,4-28H2,1,3H3. The summed E-state index contributed by atoms with van der Waals surface area (Å²) in [5, 5.41) is 0. The molecule has 0 spiro atoms. The summed E-state index contributed by atoms with van der Waals surface area (Å²) in [7, 11) is 0. The molecule has 0 amide bonds. The van der Waals surface area contributed by atoms with Gasteiger partial charge in [0, 0.05) is 0 Å². The Kier molecular flexibility index (Phi) is 26.0. The van der Waals surface area contributed by atoms with Gasteiger partial charge in [0.15, 0.2) is 0 Å². The number of rotatable bonds is 25. The van der Waals surface area contributed by atoms with E-state index in [-0.39, 0.29) is 0 Å². The molecule has 0 aliphatic carbocycles. The maximum absolute atomic E-state index is 3.96. The smallest absolute Gasteiger partial charge is 0.0443 e. The zero-order valence-electron chi connectivity index (χ0n) is 21.0. The van der Waals surface area contributed by atoms with Crippen LogP contribution in [0.2, 0.25) is 0 Å². The summed E-state index contributed by atoms with van der Waals surface area (Å²) in [6.07, 6.45) is 36.3. The Bertz CT molecular complexity index is 269. The minimum Gasteiger partial charge on any atom is -0.0654 e. The van der Waals surface area contributed by atoms with Crippen molar-refractivity contribution in [2.24, 2.45) is 5.92 Å². The highest BCUT2D eigenvalue weighted by Crippen LogP contribution is 2.17. The van der Waals surface area contributed by atoms with Crippen LogP contribution in [0.15, 0.2) is 0 Å². The first kappa shape index (κ1) is 29.0.